The zero-order chi connectivity index (χ0) is 18.7. The van der Waals surface area contributed by atoms with Crippen molar-refractivity contribution in [3.8, 4) is 0 Å². The molecule has 2 heterocycles. The Morgan fingerprint density at radius 3 is 2.58 bits per heavy atom. The van der Waals surface area contributed by atoms with Crippen molar-refractivity contribution in [3.63, 3.8) is 0 Å². The summed E-state index contributed by atoms with van der Waals surface area (Å²) in [6.45, 7) is 7.49. The summed E-state index contributed by atoms with van der Waals surface area (Å²) in [5.74, 6) is -0.0956. The summed E-state index contributed by atoms with van der Waals surface area (Å²) >= 11 is 0. The topological polar surface area (TPSA) is 61.7 Å². The maximum atomic E-state index is 12.6. The van der Waals surface area contributed by atoms with Gasteiger partial charge in [-0.3, -0.25) is 9.69 Å². The molecule has 2 aromatic rings. The number of piperazine rings is 1. The van der Waals surface area contributed by atoms with Gasteiger partial charge in [-0.15, -0.1) is 0 Å². The van der Waals surface area contributed by atoms with E-state index in [4.69, 9.17) is 0 Å². The first-order valence-corrected chi connectivity index (χ1v) is 8.80. The number of nitrogens with zero attached hydrogens (tertiary/aromatic N) is 5. The molecule has 26 heavy (non-hydrogen) atoms. The Balaban J connectivity index is 1.56. The minimum Gasteiger partial charge on any atom is -0.320 e. The van der Waals surface area contributed by atoms with Gasteiger partial charge in [0, 0.05) is 46.7 Å². The minimum atomic E-state index is -0.150. The molecule has 7 heteroatoms. The van der Waals surface area contributed by atoms with E-state index in [9.17, 15) is 9.59 Å². The Morgan fingerprint density at radius 1 is 1.19 bits per heavy atom. The number of aromatic nitrogens is 2. The highest BCUT2D eigenvalue weighted by Gasteiger charge is 2.23. The van der Waals surface area contributed by atoms with Gasteiger partial charge in [-0.2, -0.15) is 9.78 Å². The molecule has 1 saturated heterocycles. The molecule has 0 radical (unpaired) electrons. The van der Waals surface area contributed by atoms with Gasteiger partial charge in [-0.1, -0.05) is 29.8 Å². The Hall–Kier alpha value is -2.67. The van der Waals surface area contributed by atoms with Crippen LogP contribution in [0.25, 0.3) is 0 Å². The maximum absolute atomic E-state index is 12.6. The van der Waals surface area contributed by atoms with Crippen molar-refractivity contribution in [2.24, 2.45) is 0 Å². The zero-order valence-corrected chi connectivity index (χ0v) is 15.6. The SMILES string of the molecule is CC(=O)N(C)c1cnn(C(=O)N2CCN(Cc3cccc(C)c3)CC2)c1. The number of benzene rings is 1. The van der Waals surface area contributed by atoms with Crippen LogP contribution in [0.4, 0.5) is 10.5 Å². The lowest BCUT2D eigenvalue weighted by atomic mass is 10.1. The van der Waals surface area contributed by atoms with Crippen LogP contribution in [0.2, 0.25) is 0 Å². The predicted octanol–water partition coefficient (Wildman–Crippen LogP) is 1.96. The lowest BCUT2D eigenvalue weighted by molar-refractivity contribution is -0.116. The fourth-order valence-electron chi connectivity index (χ4n) is 3.08. The number of rotatable bonds is 3. The van der Waals surface area contributed by atoms with Crippen LogP contribution >= 0.6 is 0 Å². The molecule has 138 valence electrons. The molecule has 1 aromatic carbocycles. The Bertz CT molecular complexity index is 793. The molecular formula is C19H25N5O2. The molecule has 2 amide bonds. The summed E-state index contributed by atoms with van der Waals surface area (Å²) in [5.41, 5.74) is 3.18. The molecule has 0 unspecified atom stereocenters. The maximum Gasteiger partial charge on any atom is 0.344 e. The molecule has 0 aliphatic carbocycles. The van der Waals surface area contributed by atoms with Crippen molar-refractivity contribution in [3.05, 3.63) is 47.8 Å². The second-order valence-electron chi connectivity index (χ2n) is 6.76. The van der Waals surface area contributed by atoms with E-state index in [2.05, 4.69) is 41.2 Å². The first-order valence-electron chi connectivity index (χ1n) is 8.80. The first kappa shape index (κ1) is 18.1. The van der Waals surface area contributed by atoms with Crippen molar-refractivity contribution in [2.75, 3.05) is 38.1 Å². The van der Waals surface area contributed by atoms with Gasteiger partial charge < -0.3 is 9.80 Å². The number of hydrogen-bond acceptors (Lipinski definition) is 4. The van der Waals surface area contributed by atoms with Crippen LogP contribution in [0.5, 0.6) is 0 Å². The fourth-order valence-corrected chi connectivity index (χ4v) is 3.08. The highest BCUT2D eigenvalue weighted by Crippen LogP contribution is 2.14. The van der Waals surface area contributed by atoms with Gasteiger partial charge in [0.2, 0.25) is 5.91 Å². The lowest BCUT2D eigenvalue weighted by Gasteiger charge is -2.34. The summed E-state index contributed by atoms with van der Waals surface area (Å²) in [6, 6.07) is 8.37. The van der Waals surface area contributed by atoms with Crippen molar-refractivity contribution >= 4 is 17.6 Å². The third-order valence-electron chi connectivity index (χ3n) is 4.76. The Kier molecular flexibility index (Phi) is 5.37. The lowest BCUT2D eigenvalue weighted by Crippen LogP contribution is -2.49. The van der Waals surface area contributed by atoms with Crippen molar-refractivity contribution < 1.29 is 9.59 Å². The average molecular weight is 355 g/mol. The molecular weight excluding hydrogens is 330 g/mol. The van der Waals surface area contributed by atoms with Gasteiger partial charge in [0.1, 0.15) is 0 Å². The van der Waals surface area contributed by atoms with Gasteiger partial charge in [-0.05, 0) is 12.5 Å². The third-order valence-corrected chi connectivity index (χ3v) is 4.76. The van der Waals surface area contributed by atoms with Crippen LogP contribution in [0.1, 0.15) is 18.1 Å². The summed E-state index contributed by atoms with van der Waals surface area (Å²) in [7, 11) is 1.66. The Labute approximate surface area is 153 Å². The van der Waals surface area contributed by atoms with Crippen LogP contribution in [0, 0.1) is 6.92 Å². The van der Waals surface area contributed by atoms with E-state index in [0.29, 0.717) is 18.8 Å². The van der Waals surface area contributed by atoms with Crippen molar-refractivity contribution in [1.29, 1.82) is 0 Å². The quantitative estimate of drug-likeness (QED) is 0.844. The number of amides is 2. The zero-order valence-electron chi connectivity index (χ0n) is 15.6. The molecule has 1 aliphatic heterocycles. The smallest absolute Gasteiger partial charge is 0.320 e. The van der Waals surface area contributed by atoms with E-state index in [1.807, 2.05) is 0 Å². The number of aryl methyl sites for hydroxylation is 1. The molecule has 1 aromatic heterocycles. The summed E-state index contributed by atoms with van der Waals surface area (Å²) in [6.07, 6.45) is 3.14. The van der Waals surface area contributed by atoms with Crippen LogP contribution in [-0.4, -0.2) is 64.7 Å². The third kappa shape index (κ3) is 4.11. The van der Waals surface area contributed by atoms with E-state index in [1.165, 1.54) is 33.8 Å². The van der Waals surface area contributed by atoms with Crippen LogP contribution < -0.4 is 4.90 Å². The second-order valence-corrected chi connectivity index (χ2v) is 6.76. The molecule has 0 atom stereocenters. The number of carbonyl (C=O) groups is 2. The van der Waals surface area contributed by atoms with E-state index < -0.39 is 0 Å². The highest BCUT2D eigenvalue weighted by molar-refractivity contribution is 5.91. The molecule has 3 rings (SSSR count). The Morgan fingerprint density at radius 2 is 1.92 bits per heavy atom. The van der Waals surface area contributed by atoms with Crippen LogP contribution in [0.3, 0.4) is 0 Å². The monoisotopic (exact) mass is 355 g/mol. The highest BCUT2D eigenvalue weighted by atomic mass is 16.2. The first-order chi connectivity index (χ1) is 12.4. The van der Waals surface area contributed by atoms with Crippen LogP contribution in [-0.2, 0) is 11.3 Å². The summed E-state index contributed by atoms with van der Waals surface area (Å²) in [5, 5.41) is 4.11. The predicted molar refractivity (Wildman–Crippen MR) is 100 cm³/mol. The van der Waals surface area contributed by atoms with E-state index in [0.717, 1.165) is 19.6 Å². The van der Waals surface area contributed by atoms with Gasteiger partial charge in [-0.25, -0.2) is 4.79 Å². The summed E-state index contributed by atoms with van der Waals surface area (Å²) in [4.78, 5) is 29.7. The summed E-state index contributed by atoms with van der Waals surface area (Å²) < 4.78 is 1.31. The molecule has 7 nitrogen and oxygen atoms in total. The van der Waals surface area contributed by atoms with Gasteiger partial charge in [0.05, 0.1) is 18.1 Å². The number of carbonyl (C=O) groups excluding carboxylic acids is 2. The van der Waals surface area contributed by atoms with Gasteiger partial charge in [0.25, 0.3) is 0 Å². The molecule has 1 fully saturated rings. The largest absolute Gasteiger partial charge is 0.344 e. The molecule has 0 N–H and O–H groups in total. The molecule has 0 saturated carbocycles. The number of hydrogen-bond donors (Lipinski definition) is 0. The normalized spacial score (nSPS) is 15.1. The average Bonchev–Trinajstić information content (AvgIpc) is 3.11. The van der Waals surface area contributed by atoms with E-state index in [1.54, 1.807) is 18.1 Å². The number of anilines is 1. The van der Waals surface area contributed by atoms with Gasteiger partial charge >= 0.3 is 6.03 Å². The van der Waals surface area contributed by atoms with Crippen molar-refractivity contribution in [2.45, 2.75) is 20.4 Å². The van der Waals surface area contributed by atoms with Crippen molar-refractivity contribution in [1.82, 2.24) is 19.6 Å². The fraction of sp³-hybridized carbons (Fsp3) is 0.421. The standard InChI is InChI=1S/C19H25N5O2/c1-15-5-4-6-17(11-15)13-22-7-9-23(10-8-22)19(26)24-14-18(12-20-24)21(3)16(2)25/h4-6,11-12,14H,7-10,13H2,1-3H3. The van der Waals surface area contributed by atoms with E-state index in [-0.39, 0.29) is 11.9 Å². The van der Waals surface area contributed by atoms with Gasteiger partial charge in [0.15, 0.2) is 0 Å². The molecule has 0 spiro atoms. The minimum absolute atomic E-state index is 0.0956. The van der Waals surface area contributed by atoms with E-state index >= 15 is 0 Å². The van der Waals surface area contributed by atoms with Crippen LogP contribution in [0.15, 0.2) is 36.7 Å². The molecule has 0 bridgehead atoms. The second kappa shape index (κ2) is 7.70. The molecule has 1 aliphatic rings.